The smallest absolute Gasteiger partial charge is 0.127 e. The lowest BCUT2D eigenvalue weighted by Gasteiger charge is -2.18. The third-order valence-electron chi connectivity index (χ3n) is 2.97. The fourth-order valence-corrected chi connectivity index (χ4v) is 1.77. The van der Waals surface area contributed by atoms with Crippen LogP contribution in [0.2, 0.25) is 0 Å². The van der Waals surface area contributed by atoms with Crippen LogP contribution in [0.3, 0.4) is 0 Å². The molecule has 0 saturated heterocycles. The molecule has 0 heterocycles. The molecule has 1 rings (SSSR count). The van der Waals surface area contributed by atoms with E-state index in [1.165, 1.54) is 0 Å². The Hall–Kier alpha value is -1.26. The lowest BCUT2D eigenvalue weighted by Crippen LogP contribution is -2.38. The van der Waals surface area contributed by atoms with Gasteiger partial charge in [-0.05, 0) is 13.0 Å². The molecular formula is C15H26N2O2. The summed E-state index contributed by atoms with van der Waals surface area (Å²) in [5.41, 5.74) is 1.14. The van der Waals surface area contributed by atoms with Crippen LogP contribution in [0.5, 0.6) is 11.5 Å². The summed E-state index contributed by atoms with van der Waals surface area (Å²) in [7, 11) is 3.34. The largest absolute Gasteiger partial charge is 0.497 e. The highest BCUT2D eigenvalue weighted by Crippen LogP contribution is 2.24. The highest BCUT2D eigenvalue weighted by atomic mass is 16.5. The number of rotatable bonds is 8. The number of benzene rings is 1. The van der Waals surface area contributed by atoms with Gasteiger partial charge in [-0.3, -0.25) is 0 Å². The molecule has 4 heteroatoms. The van der Waals surface area contributed by atoms with E-state index in [-0.39, 0.29) is 0 Å². The van der Waals surface area contributed by atoms with Crippen LogP contribution in [0, 0.1) is 0 Å². The molecule has 0 aromatic heterocycles. The molecule has 1 aromatic rings. The van der Waals surface area contributed by atoms with E-state index in [2.05, 4.69) is 31.4 Å². The second-order valence-corrected chi connectivity index (χ2v) is 5.02. The maximum Gasteiger partial charge on any atom is 0.127 e. The number of ether oxygens (including phenoxy) is 2. The maximum atomic E-state index is 5.38. The molecule has 0 aliphatic carbocycles. The fourth-order valence-electron chi connectivity index (χ4n) is 1.77. The summed E-state index contributed by atoms with van der Waals surface area (Å²) in [6.07, 6.45) is 0. The van der Waals surface area contributed by atoms with Crippen LogP contribution in [0.4, 0.5) is 0 Å². The minimum atomic E-state index is 0.411. The lowest BCUT2D eigenvalue weighted by atomic mass is 10.1. The Morgan fingerprint density at radius 3 is 2.37 bits per heavy atom. The van der Waals surface area contributed by atoms with Crippen LogP contribution in [-0.2, 0) is 6.54 Å². The Morgan fingerprint density at radius 2 is 1.79 bits per heavy atom. The quantitative estimate of drug-likeness (QED) is 0.757. The standard InChI is InChI=1S/C15H26N2O2/c1-11(2)16-9-12(3)17-10-13-6-7-14(18-4)8-15(13)19-5/h6-8,11-12,16-17H,9-10H2,1-5H3. The maximum absolute atomic E-state index is 5.38. The van der Waals surface area contributed by atoms with E-state index < -0.39 is 0 Å². The van der Waals surface area contributed by atoms with E-state index >= 15 is 0 Å². The first kappa shape index (κ1) is 15.8. The average molecular weight is 266 g/mol. The van der Waals surface area contributed by atoms with Gasteiger partial charge in [0.25, 0.3) is 0 Å². The van der Waals surface area contributed by atoms with Gasteiger partial charge in [0, 0.05) is 36.8 Å². The van der Waals surface area contributed by atoms with Crippen LogP contribution in [0.25, 0.3) is 0 Å². The van der Waals surface area contributed by atoms with Crippen LogP contribution in [0.1, 0.15) is 26.3 Å². The van der Waals surface area contributed by atoms with Gasteiger partial charge in [0.05, 0.1) is 14.2 Å². The molecule has 0 bridgehead atoms. The molecule has 0 amide bonds. The molecule has 0 radical (unpaired) electrons. The minimum Gasteiger partial charge on any atom is -0.497 e. The summed E-state index contributed by atoms with van der Waals surface area (Å²) in [4.78, 5) is 0. The predicted octanol–water partition coefficient (Wildman–Crippen LogP) is 2.18. The molecule has 0 aliphatic rings. The van der Waals surface area contributed by atoms with E-state index in [0.29, 0.717) is 12.1 Å². The highest BCUT2D eigenvalue weighted by Gasteiger charge is 2.07. The van der Waals surface area contributed by atoms with Crippen molar-refractivity contribution in [2.45, 2.75) is 39.4 Å². The van der Waals surface area contributed by atoms with Gasteiger partial charge in [0.1, 0.15) is 11.5 Å². The topological polar surface area (TPSA) is 42.5 Å². The van der Waals surface area contributed by atoms with Gasteiger partial charge in [-0.15, -0.1) is 0 Å². The molecule has 0 spiro atoms. The number of hydrogen-bond donors (Lipinski definition) is 2. The molecule has 0 fully saturated rings. The van der Waals surface area contributed by atoms with Gasteiger partial charge >= 0.3 is 0 Å². The fraction of sp³-hybridized carbons (Fsp3) is 0.600. The van der Waals surface area contributed by atoms with Crippen molar-refractivity contribution < 1.29 is 9.47 Å². The second-order valence-electron chi connectivity index (χ2n) is 5.02. The first-order valence-electron chi connectivity index (χ1n) is 6.74. The summed E-state index contributed by atoms with van der Waals surface area (Å²) >= 11 is 0. The molecule has 1 aromatic carbocycles. The van der Waals surface area contributed by atoms with Crippen molar-refractivity contribution in [1.29, 1.82) is 0 Å². The van der Waals surface area contributed by atoms with Crippen LogP contribution < -0.4 is 20.1 Å². The van der Waals surface area contributed by atoms with Crippen molar-refractivity contribution in [2.24, 2.45) is 0 Å². The summed E-state index contributed by atoms with van der Waals surface area (Å²) in [5, 5.41) is 6.90. The molecule has 0 saturated carbocycles. The molecule has 1 unspecified atom stereocenters. The monoisotopic (exact) mass is 266 g/mol. The van der Waals surface area contributed by atoms with Gasteiger partial charge < -0.3 is 20.1 Å². The van der Waals surface area contributed by atoms with Gasteiger partial charge in [0.15, 0.2) is 0 Å². The van der Waals surface area contributed by atoms with E-state index in [9.17, 15) is 0 Å². The second kappa shape index (κ2) is 8.02. The Kier molecular flexibility index (Phi) is 6.67. The van der Waals surface area contributed by atoms with Gasteiger partial charge in [-0.25, -0.2) is 0 Å². The summed E-state index contributed by atoms with van der Waals surface area (Å²) in [6.45, 7) is 8.22. The summed E-state index contributed by atoms with van der Waals surface area (Å²) in [6, 6.07) is 6.83. The van der Waals surface area contributed by atoms with E-state index in [1.807, 2.05) is 18.2 Å². The highest BCUT2D eigenvalue weighted by molar-refractivity contribution is 5.40. The van der Waals surface area contributed by atoms with E-state index in [0.717, 1.165) is 30.2 Å². The minimum absolute atomic E-state index is 0.411. The van der Waals surface area contributed by atoms with Crippen molar-refractivity contribution in [2.75, 3.05) is 20.8 Å². The zero-order valence-corrected chi connectivity index (χ0v) is 12.6. The Morgan fingerprint density at radius 1 is 1.05 bits per heavy atom. The van der Waals surface area contributed by atoms with Crippen LogP contribution in [0.15, 0.2) is 18.2 Å². The normalized spacial score (nSPS) is 12.5. The van der Waals surface area contributed by atoms with Gasteiger partial charge in [0.2, 0.25) is 0 Å². The Balaban J connectivity index is 2.52. The van der Waals surface area contributed by atoms with E-state index in [4.69, 9.17) is 9.47 Å². The Labute approximate surface area is 116 Å². The van der Waals surface area contributed by atoms with Gasteiger partial charge in [-0.2, -0.15) is 0 Å². The number of methoxy groups -OCH3 is 2. The average Bonchev–Trinajstić information content (AvgIpc) is 2.42. The summed E-state index contributed by atoms with van der Waals surface area (Å²) in [5.74, 6) is 1.67. The predicted molar refractivity (Wildman–Crippen MR) is 79.0 cm³/mol. The first-order chi connectivity index (χ1) is 9.06. The molecule has 1 atom stereocenters. The van der Waals surface area contributed by atoms with Crippen LogP contribution >= 0.6 is 0 Å². The lowest BCUT2D eigenvalue weighted by molar-refractivity contribution is 0.388. The van der Waals surface area contributed by atoms with Crippen molar-refractivity contribution >= 4 is 0 Å². The van der Waals surface area contributed by atoms with E-state index in [1.54, 1.807) is 14.2 Å². The van der Waals surface area contributed by atoms with Crippen molar-refractivity contribution in [1.82, 2.24) is 10.6 Å². The number of nitrogens with one attached hydrogen (secondary N) is 2. The van der Waals surface area contributed by atoms with Crippen LogP contribution in [-0.4, -0.2) is 32.8 Å². The van der Waals surface area contributed by atoms with Crippen molar-refractivity contribution in [3.05, 3.63) is 23.8 Å². The van der Waals surface area contributed by atoms with Crippen molar-refractivity contribution in [3.63, 3.8) is 0 Å². The zero-order valence-electron chi connectivity index (χ0n) is 12.6. The third kappa shape index (κ3) is 5.49. The summed E-state index contributed by atoms with van der Waals surface area (Å²) < 4.78 is 10.6. The van der Waals surface area contributed by atoms with Gasteiger partial charge in [-0.1, -0.05) is 19.9 Å². The van der Waals surface area contributed by atoms with Crippen molar-refractivity contribution in [3.8, 4) is 11.5 Å². The first-order valence-corrected chi connectivity index (χ1v) is 6.74. The third-order valence-corrected chi connectivity index (χ3v) is 2.97. The Bertz CT molecular complexity index is 380. The molecule has 2 N–H and O–H groups in total. The zero-order chi connectivity index (χ0) is 14.3. The molecule has 19 heavy (non-hydrogen) atoms. The number of hydrogen-bond acceptors (Lipinski definition) is 4. The SMILES string of the molecule is COc1ccc(CNC(C)CNC(C)C)c(OC)c1. The molecule has 4 nitrogen and oxygen atoms in total. The molecule has 108 valence electrons. The molecular weight excluding hydrogens is 240 g/mol. The molecule has 0 aliphatic heterocycles.